The minimum absolute atomic E-state index is 0.0758. The quantitative estimate of drug-likeness (QED) is 0.391. The molecule has 1 aromatic heterocycles. The fourth-order valence-electron chi connectivity index (χ4n) is 2.53. The second-order valence-electron chi connectivity index (χ2n) is 6.42. The Morgan fingerprint density at radius 2 is 1.56 bits per heavy atom. The summed E-state index contributed by atoms with van der Waals surface area (Å²) in [5.41, 5.74) is 6.91. The molecule has 0 aliphatic rings. The molecule has 0 aliphatic carbocycles. The summed E-state index contributed by atoms with van der Waals surface area (Å²) in [6, 6.07) is 12.4. The van der Waals surface area contributed by atoms with Crippen molar-refractivity contribution in [1.82, 2.24) is 15.3 Å². The minimum atomic E-state index is -0.674. The maximum Gasteiger partial charge on any atom is 0.325 e. The fraction of sp³-hybridized carbons (Fsp3) is 0.0952. The first kappa shape index (κ1) is 22.2. The molecule has 1 heterocycles. The van der Waals surface area contributed by atoms with E-state index in [-0.39, 0.29) is 18.3 Å². The van der Waals surface area contributed by atoms with Crippen LogP contribution in [0.1, 0.15) is 20.7 Å². The molecular formula is C21H19FN6O4. The van der Waals surface area contributed by atoms with Crippen molar-refractivity contribution in [1.29, 1.82) is 0 Å². The first-order chi connectivity index (χ1) is 15.4. The fourth-order valence-corrected chi connectivity index (χ4v) is 2.53. The molecule has 0 saturated carbocycles. The van der Waals surface area contributed by atoms with Crippen LogP contribution in [0.4, 0.5) is 27.5 Å². The first-order valence-corrected chi connectivity index (χ1v) is 9.27. The van der Waals surface area contributed by atoms with E-state index in [9.17, 15) is 18.8 Å². The number of nitrogens with one attached hydrogen (secondary N) is 3. The summed E-state index contributed by atoms with van der Waals surface area (Å²) in [6.07, 6.45) is 1.00. The van der Waals surface area contributed by atoms with Gasteiger partial charge in [0.2, 0.25) is 11.9 Å². The summed E-state index contributed by atoms with van der Waals surface area (Å²) < 4.78 is 18.6. The van der Waals surface area contributed by atoms with Crippen LogP contribution in [0.5, 0.6) is 0 Å². The molecule has 164 valence electrons. The third-order valence-electron chi connectivity index (χ3n) is 4.20. The number of anilines is 4. The van der Waals surface area contributed by atoms with Crippen molar-refractivity contribution in [3.8, 4) is 0 Å². The lowest BCUT2D eigenvalue weighted by Crippen LogP contribution is -2.30. The molecule has 5 N–H and O–H groups in total. The van der Waals surface area contributed by atoms with Crippen LogP contribution in [0.25, 0.3) is 0 Å². The molecule has 0 unspecified atom stereocenters. The van der Waals surface area contributed by atoms with Gasteiger partial charge in [-0.05, 0) is 48.5 Å². The van der Waals surface area contributed by atoms with Gasteiger partial charge in [0, 0.05) is 22.5 Å². The van der Waals surface area contributed by atoms with Gasteiger partial charge in [0.05, 0.1) is 13.3 Å². The van der Waals surface area contributed by atoms with Crippen molar-refractivity contribution in [3.05, 3.63) is 71.7 Å². The number of carbonyl (C=O) groups is 3. The lowest BCUT2D eigenvalue weighted by molar-refractivity contribution is -0.139. The molecule has 0 radical (unpaired) electrons. The zero-order valence-corrected chi connectivity index (χ0v) is 16.9. The highest BCUT2D eigenvalue weighted by Crippen LogP contribution is 2.21. The Bertz CT molecular complexity index is 1140. The van der Waals surface area contributed by atoms with E-state index >= 15 is 0 Å². The molecule has 0 fully saturated rings. The lowest BCUT2D eigenvalue weighted by atomic mass is 10.2. The van der Waals surface area contributed by atoms with E-state index in [2.05, 4.69) is 30.7 Å². The van der Waals surface area contributed by atoms with Crippen LogP contribution in [-0.4, -0.2) is 41.4 Å². The average Bonchev–Trinajstić information content (AvgIpc) is 2.80. The molecule has 10 nitrogen and oxygen atoms in total. The Hall–Kier alpha value is -4.54. The molecule has 2 aromatic carbocycles. The Morgan fingerprint density at radius 3 is 2.16 bits per heavy atom. The smallest absolute Gasteiger partial charge is 0.325 e. The van der Waals surface area contributed by atoms with E-state index in [0.29, 0.717) is 22.5 Å². The second kappa shape index (κ2) is 9.98. The highest BCUT2D eigenvalue weighted by Gasteiger charge is 2.10. The Morgan fingerprint density at radius 1 is 0.969 bits per heavy atom. The highest BCUT2D eigenvalue weighted by atomic mass is 19.1. The summed E-state index contributed by atoms with van der Waals surface area (Å²) in [6.45, 7) is -0.236. The molecule has 11 heteroatoms. The molecule has 3 aromatic rings. The van der Waals surface area contributed by atoms with E-state index in [1.807, 2.05) is 0 Å². The number of carbonyl (C=O) groups excluding carboxylic acids is 3. The number of nitrogens with zero attached hydrogens (tertiary/aromatic N) is 2. The van der Waals surface area contributed by atoms with E-state index in [1.165, 1.54) is 31.4 Å². The molecule has 0 spiro atoms. The van der Waals surface area contributed by atoms with Crippen molar-refractivity contribution < 1.29 is 23.5 Å². The zero-order valence-electron chi connectivity index (χ0n) is 16.9. The molecular weight excluding hydrogens is 419 g/mol. The number of methoxy groups -OCH3 is 1. The number of aromatic nitrogens is 2. The van der Waals surface area contributed by atoms with Gasteiger partial charge in [-0.25, -0.2) is 9.37 Å². The molecule has 2 amide bonds. The number of hydrogen-bond donors (Lipinski definition) is 4. The van der Waals surface area contributed by atoms with Crippen LogP contribution in [-0.2, 0) is 9.53 Å². The zero-order chi connectivity index (χ0) is 23.1. The number of esters is 1. The Labute approximate surface area is 182 Å². The largest absolute Gasteiger partial charge is 0.468 e. The predicted molar refractivity (Wildman–Crippen MR) is 114 cm³/mol. The standard InChI is InChI=1S/C21H19FN6O4/c1-32-17(29)11-24-20(31)13-4-8-15(9-5-13)27-21-25-10-16(22)19(28-21)26-14-6-2-12(3-7-14)18(23)30/h2-10H,11H2,1H3,(H2,23,30)(H,24,31)(H2,25,26,27,28). The van der Waals surface area contributed by atoms with Crippen molar-refractivity contribution in [3.63, 3.8) is 0 Å². The van der Waals surface area contributed by atoms with Crippen LogP contribution in [0, 0.1) is 5.82 Å². The number of ether oxygens (including phenoxy) is 1. The van der Waals surface area contributed by atoms with E-state index in [0.717, 1.165) is 6.20 Å². The van der Waals surface area contributed by atoms with Crippen molar-refractivity contribution in [2.24, 2.45) is 5.73 Å². The van der Waals surface area contributed by atoms with Crippen LogP contribution in [0.15, 0.2) is 54.7 Å². The molecule has 0 saturated heterocycles. The van der Waals surface area contributed by atoms with Crippen LogP contribution < -0.4 is 21.7 Å². The molecule has 0 atom stereocenters. The lowest BCUT2D eigenvalue weighted by Gasteiger charge is -2.10. The first-order valence-electron chi connectivity index (χ1n) is 9.27. The topological polar surface area (TPSA) is 148 Å². The Balaban J connectivity index is 1.67. The number of halogens is 1. The number of primary amides is 1. The van der Waals surface area contributed by atoms with Crippen molar-refractivity contribution in [2.75, 3.05) is 24.3 Å². The van der Waals surface area contributed by atoms with Gasteiger partial charge in [-0.1, -0.05) is 0 Å². The number of rotatable bonds is 8. The van der Waals surface area contributed by atoms with Gasteiger partial charge in [0.25, 0.3) is 5.91 Å². The third-order valence-corrected chi connectivity index (χ3v) is 4.20. The van der Waals surface area contributed by atoms with Crippen LogP contribution >= 0.6 is 0 Å². The summed E-state index contributed by atoms with van der Waals surface area (Å²) in [5, 5.41) is 8.15. The van der Waals surface area contributed by atoms with Gasteiger partial charge in [-0.15, -0.1) is 0 Å². The number of hydrogen-bond acceptors (Lipinski definition) is 8. The normalized spacial score (nSPS) is 10.2. The molecule has 3 rings (SSSR count). The monoisotopic (exact) mass is 438 g/mol. The maximum atomic E-state index is 14.1. The number of benzene rings is 2. The SMILES string of the molecule is COC(=O)CNC(=O)c1ccc(Nc2ncc(F)c(Nc3ccc(C(N)=O)cc3)n2)cc1. The molecule has 0 bridgehead atoms. The van der Waals surface area contributed by atoms with E-state index in [4.69, 9.17) is 5.73 Å². The number of amides is 2. The highest BCUT2D eigenvalue weighted by molar-refractivity contribution is 5.96. The number of nitrogens with two attached hydrogens (primary N) is 1. The van der Waals surface area contributed by atoms with Crippen molar-refractivity contribution >= 4 is 40.9 Å². The molecule has 0 aliphatic heterocycles. The minimum Gasteiger partial charge on any atom is -0.468 e. The van der Waals surface area contributed by atoms with E-state index in [1.54, 1.807) is 24.3 Å². The second-order valence-corrected chi connectivity index (χ2v) is 6.42. The third kappa shape index (κ3) is 5.75. The van der Waals surface area contributed by atoms with Gasteiger partial charge in [0.1, 0.15) is 6.54 Å². The molecule has 32 heavy (non-hydrogen) atoms. The summed E-state index contributed by atoms with van der Waals surface area (Å²) in [7, 11) is 1.23. The van der Waals surface area contributed by atoms with Crippen molar-refractivity contribution in [2.45, 2.75) is 0 Å². The maximum absolute atomic E-state index is 14.1. The van der Waals surface area contributed by atoms with Gasteiger partial charge in [-0.2, -0.15) is 4.98 Å². The predicted octanol–water partition coefficient (Wildman–Crippen LogP) is 2.10. The van der Waals surface area contributed by atoms with Gasteiger partial charge < -0.3 is 26.4 Å². The summed E-state index contributed by atoms with van der Waals surface area (Å²) in [4.78, 5) is 42.3. The van der Waals surface area contributed by atoms with Crippen LogP contribution in [0.3, 0.4) is 0 Å². The van der Waals surface area contributed by atoms with Gasteiger partial charge in [-0.3, -0.25) is 14.4 Å². The van der Waals surface area contributed by atoms with Crippen LogP contribution in [0.2, 0.25) is 0 Å². The van der Waals surface area contributed by atoms with Gasteiger partial charge in [0.15, 0.2) is 11.6 Å². The Kier molecular flexibility index (Phi) is 6.91. The van der Waals surface area contributed by atoms with Gasteiger partial charge >= 0.3 is 5.97 Å². The average molecular weight is 438 g/mol. The summed E-state index contributed by atoms with van der Waals surface area (Å²) >= 11 is 0. The summed E-state index contributed by atoms with van der Waals surface area (Å²) in [5.74, 6) is -2.19. The van der Waals surface area contributed by atoms with E-state index < -0.39 is 23.6 Å².